The van der Waals surface area contributed by atoms with Crippen LogP contribution in [0.2, 0.25) is 0 Å². The summed E-state index contributed by atoms with van der Waals surface area (Å²) in [4.78, 5) is 7.01. The van der Waals surface area contributed by atoms with Crippen LogP contribution in [0.4, 0.5) is 5.69 Å². The Kier molecular flexibility index (Phi) is 1.93. The van der Waals surface area contributed by atoms with Crippen molar-refractivity contribution < 1.29 is 0 Å². The van der Waals surface area contributed by atoms with Crippen molar-refractivity contribution in [3.05, 3.63) is 21.9 Å². The molecule has 0 radical (unpaired) electrons. The number of nitrogens with two attached hydrogens (primary N) is 1. The summed E-state index contributed by atoms with van der Waals surface area (Å²) in [5, 5.41) is 8.68. The maximum atomic E-state index is 8.68. The number of benzene rings is 1. The summed E-state index contributed by atoms with van der Waals surface area (Å²) in [7, 11) is 0. The summed E-state index contributed by atoms with van der Waals surface area (Å²) in [6.45, 7) is 1.88. The SMILES string of the molecule is Cc1c(N)c(Br)cc2[nH]c(C#N)nc12. The van der Waals surface area contributed by atoms with Gasteiger partial charge in [-0.05, 0) is 28.9 Å². The van der Waals surface area contributed by atoms with Crippen molar-refractivity contribution in [3.63, 3.8) is 0 Å². The number of nitriles is 1. The maximum absolute atomic E-state index is 8.68. The van der Waals surface area contributed by atoms with Crippen molar-refractivity contribution in [3.8, 4) is 6.07 Å². The molecule has 0 aliphatic heterocycles. The highest BCUT2D eigenvalue weighted by atomic mass is 79.9. The summed E-state index contributed by atoms with van der Waals surface area (Å²) < 4.78 is 0.815. The van der Waals surface area contributed by atoms with Crippen LogP contribution in [-0.4, -0.2) is 9.97 Å². The molecule has 4 nitrogen and oxygen atoms in total. The van der Waals surface area contributed by atoms with Gasteiger partial charge in [0.05, 0.1) is 16.7 Å². The minimum absolute atomic E-state index is 0.306. The average Bonchev–Trinajstić information content (AvgIpc) is 2.57. The van der Waals surface area contributed by atoms with Gasteiger partial charge in [0.25, 0.3) is 0 Å². The Morgan fingerprint density at radius 2 is 2.36 bits per heavy atom. The molecule has 1 aromatic heterocycles. The second-order valence-electron chi connectivity index (χ2n) is 2.99. The number of halogens is 1. The molecule has 2 aromatic rings. The number of imidazole rings is 1. The molecule has 0 atom stereocenters. The fraction of sp³-hybridized carbons (Fsp3) is 0.111. The van der Waals surface area contributed by atoms with Gasteiger partial charge in [-0.1, -0.05) is 0 Å². The molecule has 0 unspecified atom stereocenters. The molecule has 14 heavy (non-hydrogen) atoms. The number of hydrogen-bond acceptors (Lipinski definition) is 3. The minimum atomic E-state index is 0.306. The monoisotopic (exact) mass is 250 g/mol. The van der Waals surface area contributed by atoms with Gasteiger partial charge in [0.15, 0.2) is 0 Å². The van der Waals surface area contributed by atoms with Gasteiger partial charge in [0.1, 0.15) is 6.07 Å². The molecule has 3 N–H and O–H groups in total. The Labute approximate surface area is 88.9 Å². The summed E-state index contributed by atoms with van der Waals surface area (Å²) in [5.74, 6) is 0.306. The number of anilines is 1. The molecule has 5 heteroatoms. The van der Waals surface area contributed by atoms with Crippen molar-refractivity contribution >= 4 is 32.7 Å². The molecule has 1 aromatic carbocycles. The van der Waals surface area contributed by atoms with Gasteiger partial charge in [-0.2, -0.15) is 5.26 Å². The quantitative estimate of drug-likeness (QED) is 0.703. The van der Waals surface area contributed by atoms with E-state index < -0.39 is 0 Å². The highest BCUT2D eigenvalue weighted by Crippen LogP contribution is 2.29. The van der Waals surface area contributed by atoms with Crippen LogP contribution < -0.4 is 5.73 Å². The van der Waals surface area contributed by atoms with E-state index in [0.717, 1.165) is 21.1 Å². The fourth-order valence-corrected chi connectivity index (χ4v) is 1.87. The molecule has 0 aliphatic carbocycles. The van der Waals surface area contributed by atoms with Gasteiger partial charge in [0, 0.05) is 10.0 Å². The highest BCUT2D eigenvalue weighted by Gasteiger charge is 2.09. The standard InChI is InChI=1S/C9H7BrN4/c1-4-8(12)5(10)2-6-9(4)14-7(3-11)13-6/h2H,12H2,1H3,(H,13,14). The second-order valence-corrected chi connectivity index (χ2v) is 3.84. The summed E-state index contributed by atoms with van der Waals surface area (Å²) >= 11 is 3.34. The molecular weight excluding hydrogens is 244 g/mol. The van der Waals surface area contributed by atoms with Gasteiger partial charge in [-0.3, -0.25) is 0 Å². The first-order chi connectivity index (χ1) is 6.63. The summed E-state index contributed by atoms with van der Waals surface area (Å²) in [5.41, 5.74) is 8.93. The summed E-state index contributed by atoms with van der Waals surface area (Å²) in [6.07, 6.45) is 0. The Bertz CT molecular complexity index is 550. The average molecular weight is 251 g/mol. The topological polar surface area (TPSA) is 78.5 Å². The van der Waals surface area contributed by atoms with Crippen LogP contribution in [0.1, 0.15) is 11.4 Å². The molecule has 0 saturated heterocycles. The first kappa shape index (κ1) is 9.03. The first-order valence-corrected chi connectivity index (χ1v) is 4.77. The molecule has 0 amide bonds. The number of aromatic nitrogens is 2. The van der Waals surface area contributed by atoms with E-state index in [1.165, 1.54) is 0 Å². The van der Waals surface area contributed by atoms with Crippen LogP contribution >= 0.6 is 15.9 Å². The third-order valence-electron chi connectivity index (χ3n) is 2.13. The van der Waals surface area contributed by atoms with E-state index in [1.54, 1.807) is 0 Å². The number of nitrogens with zero attached hydrogens (tertiary/aromatic N) is 2. The number of nitrogen functional groups attached to an aromatic ring is 1. The van der Waals surface area contributed by atoms with Crippen molar-refractivity contribution in [2.75, 3.05) is 5.73 Å². The molecule has 1 heterocycles. The molecule has 0 aliphatic rings. The van der Waals surface area contributed by atoms with Gasteiger partial charge < -0.3 is 10.7 Å². The lowest BCUT2D eigenvalue weighted by Crippen LogP contribution is -1.91. The smallest absolute Gasteiger partial charge is 0.211 e. The van der Waals surface area contributed by atoms with E-state index in [-0.39, 0.29) is 0 Å². The zero-order valence-corrected chi connectivity index (χ0v) is 9.01. The van der Waals surface area contributed by atoms with Gasteiger partial charge in [-0.25, -0.2) is 4.98 Å². The van der Waals surface area contributed by atoms with Gasteiger partial charge in [-0.15, -0.1) is 0 Å². The van der Waals surface area contributed by atoms with Crippen LogP contribution in [0, 0.1) is 18.3 Å². The van der Waals surface area contributed by atoms with Gasteiger partial charge in [0.2, 0.25) is 5.82 Å². The predicted molar refractivity (Wildman–Crippen MR) is 57.7 cm³/mol. The third-order valence-corrected chi connectivity index (χ3v) is 2.78. The van der Waals surface area contributed by atoms with Crippen molar-refractivity contribution in [2.24, 2.45) is 0 Å². The zero-order chi connectivity index (χ0) is 10.3. The first-order valence-electron chi connectivity index (χ1n) is 3.98. The lowest BCUT2D eigenvalue weighted by atomic mass is 10.2. The predicted octanol–water partition coefficient (Wildman–Crippen LogP) is 2.09. The minimum Gasteiger partial charge on any atom is -0.398 e. The molecule has 2 rings (SSSR count). The zero-order valence-electron chi connectivity index (χ0n) is 7.43. The van der Waals surface area contributed by atoms with E-state index in [2.05, 4.69) is 25.9 Å². The maximum Gasteiger partial charge on any atom is 0.211 e. The van der Waals surface area contributed by atoms with Crippen LogP contribution in [0.3, 0.4) is 0 Å². The van der Waals surface area contributed by atoms with Crippen molar-refractivity contribution in [2.45, 2.75) is 6.92 Å². The van der Waals surface area contributed by atoms with Crippen molar-refractivity contribution in [1.29, 1.82) is 5.26 Å². The number of rotatable bonds is 0. The third kappa shape index (κ3) is 1.16. The van der Waals surface area contributed by atoms with Crippen LogP contribution in [0.15, 0.2) is 10.5 Å². The largest absolute Gasteiger partial charge is 0.398 e. The second kappa shape index (κ2) is 3.00. The lowest BCUT2D eigenvalue weighted by Gasteiger charge is -2.02. The van der Waals surface area contributed by atoms with E-state index >= 15 is 0 Å². The number of nitrogens with one attached hydrogen (secondary N) is 1. The Hall–Kier alpha value is -1.54. The van der Waals surface area contributed by atoms with E-state index in [4.69, 9.17) is 11.0 Å². The van der Waals surface area contributed by atoms with E-state index in [9.17, 15) is 0 Å². The van der Waals surface area contributed by atoms with Gasteiger partial charge >= 0.3 is 0 Å². The normalized spacial score (nSPS) is 10.4. The number of hydrogen-bond donors (Lipinski definition) is 2. The number of aryl methyl sites for hydroxylation is 1. The molecule has 0 spiro atoms. The highest BCUT2D eigenvalue weighted by molar-refractivity contribution is 9.10. The Morgan fingerprint density at radius 3 is 3.00 bits per heavy atom. The Balaban J connectivity index is 2.89. The number of aromatic amines is 1. The molecule has 0 saturated carbocycles. The van der Waals surface area contributed by atoms with Crippen LogP contribution in [-0.2, 0) is 0 Å². The molecular formula is C9H7BrN4. The summed E-state index contributed by atoms with van der Waals surface area (Å²) in [6, 6.07) is 3.78. The molecule has 0 bridgehead atoms. The number of fused-ring (bicyclic) bond motifs is 1. The Morgan fingerprint density at radius 1 is 1.64 bits per heavy atom. The molecule has 0 fully saturated rings. The van der Waals surface area contributed by atoms with E-state index in [0.29, 0.717) is 11.5 Å². The van der Waals surface area contributed by atoms with Crippen LogP contribution in [0.25, 0.3) is 11.0 Å². The lowest BCUT2D eigenvalue weighted by molar-refractivity contribution is 1.25. The van der Waals surface area contributed by atoms with E-state index in [1.807, 2.05) is 19.1 Å². The van der Waals surface area contributed by atoms with Crippen molar-refractivity contribution in [1.82, 2.24) is 9.97 Å². The van der Waals surface area contributed by atoms with Crippen LogP contribution in [0.5, 0.6) is 0 Å². The number of H-pyrrole nitrogens is 1. The fourth-order valence-electron chi connectivity index (χ4n) is 1.34. The molecule has 70 valence electrons.